The Hall–Kier alpha value is -2.81. The average Bonchev–Trinajstić information content (AvgIpc) is 2.96. The molecule has 0 radical (unpaired) electrons. The average molecular weight is 375 g/mol. The van der Waals surface area contributed by atoms with E-state index < -0.39 is 40.3 Å². The summed E-state index contributed by atoms with van der Waals surface area (Å²) in [5.74, 6) is -6.60. The van der Waals surface area contributed by atoms with Crippen LogP contribution in [0.5, 0.6) is 0 Å². The number of hydrogen-bond donors (Lipinski definition) is 1. The highest BCUT2D eigenvalue weighted by atomic mass is 35.5. The standard InChI is InChI=1S/C15H10ClF3N2O4/c1-2-24-15(23)8(5-20-14-9(16)6-25-21-14)13(22)7-3-11(18)12(19)4-10(7)17/h3-6H,2H2,1H3,(H,20,21). The van der Waals surface area contributed by atoms with Crippen molar-refractivity contribution in [2.45, 2.75) is 6.92 Å². The van der Waals surface area contributed by atoms with Gasteiger partial charge in [0.15, 0.2) is 17.5 Å². The molecule has 1 N–H and O–H groups in total. The molecule has 0 amide bonds. The van der Waals surface area contributed by atoms with E-state index in [2.05, 4.69) is 15.0 Å². The van der Waals surface area contributed by atoms with Crippen LogP contribution in [0.15, 0.2) is 34.7 Å². The molecule has 25 heavy (non-hydrogen) atoms. The summed E-state index contributed by atoms with van der Waals surface area (Å²) < 4.78 is 49.4. The number of benzene rings is 1. The Morgan fingerprint density at radius 2 is 1.96 bits per heavy atom. The molecular weight excluding hydrogens is 365 g/mol. The molecule has 0 aliphatic carbocycles. The van der Waals surface area contributed by atoms with E-state index >= 15 is 0 Å². The minimum atomic E-state index is -1.47. The number of ketones is 1. The number of anilines is 1. The maximum atomic E-state index is 13.8. The fourth-order valence-electron chi connectivity index (χ4n) is 1.73. The van der Waals surface area contributed by atoms with Gasteiger partial charge in [0.1, 0.15) is 22.7 Å². The Balaban J connectivity index is 2.41. The highest BCUT2D eigenvalue weighted by Crippen LogP contribution is 2.21. The van der Waals surface area contributed by atoms with E-state index in [1.165, 1.54) is 6.92 Å². The second kappa shape index (κ2) is 7.84. The Morgan fingerprint density at radius 3 is 2.56 bits per heavy atom. The first-order valence-electron chi connectivity index (χ1n) is 6.78. The third kappa shape index (κ3) is 4.18. The van der Waals surface area contributed by atoms with Crippen LogP contribution in [-0.2, 0) is 9.53 Å². The van der Waals surface area contributed by atoms with Gasteiger partial charge in [0, 0.05) is 12.3 Å². The van der Waals surface area contributed by atoms with Crippen molar-refractivity contribution in [2.24, 2.45) is 0 Å². The predicted molar refractivity (Wildman–Crippen MR) is 80.5 cm³/mol. The molecule has 0 fully saturated rings. The number of carbonyl (C=O) groups is 2. The molecule has 1 heterocycles. The van der Waals surface area contributed by atoms with Gasteiger partial charge >= 0.3 is 5.97 Å². The molecule has 1 aromatic heterocycles. The molecule has 6 nitrogen and oxygen atoms in total. The van der Waals surface area contributed by atoms with Gasteiger partial charge in [-0.3, -0.25) is 4.79 Å². The minimum Gasteiger partial charge on any atom is -0.462 e. The predicted octanol–water partition coefficient (Wildman–Crippen LogP) is 3.49. The largest absolute Gasteiger partial charge is 0.462 e. The second-order valence-electron chi connectivity index (χ2n) is 4.51. The minimum absolute atomic E-state index is 0.0259. The summed E-state index contributed by atoms with van der Waals surface area (Å²) in [4.78, 5) is 24.3. The highest BCUT2D eigenvalue weighted by Gasteiger charge is 2.25. The van der Waals surface area contributed by atoms with Crippen LogP contribution in [0.2, 0.25) is 5.02 Å². The first-order chi connectivity index (χ1) is 11.8. The van der Waals surface area contributed by atoms with Crippen LogP contribution in [0.1, 0.15) is 17.3 Å². The Kier molecular flexibility index (Phi) is 5.81. The van der Waals surface area contributed by atoms with Gasteiger partial charge in [-0.05, 0) is 13.0 Å². The van der Waals surface area contributed by atoms with Crippen molar-refractivity contribution in [3.05, 3.63) is 58.2 Å². The zero-order valence-corrected chi connectivity index (χ0v) is 13.4. The lowest BCUT2D eigenvalue weighted by atomic mass is 10.0. The Morgan fingerprint density at radius 1 is 1.28 bits per heavy atom. The van der Waals surface area contributed by atoms with Crippen LogP contribution in [0.4, 0.5) is 19.0 Å². The maximum absolute atomic E-state index is 13.8. The molecule has 132 valence electrons. The number of esters is 1. The number of rotatable bonds is 6. The first-order valence-corrected chi connectivity index (χ1v) is 7.15. The van der Waals surface area contributed by atoms with Crippen molar-refractivity contribution in [1.29, 1.82) is 0 Å². The van der Waals surface area contributed by atoms with Crippen LogP contribution < -0.4 is 5.32 Å². The molecule has 0 bridgehead atoms. The number of Topliss-reactive ketones (excluding diaryl/α,β-unsaturated/α-hetero) is 1. The Labute approximate surface area is 144 Å². The van der Waals surface area contributed by atoms with Crippen molar-refractivity contribution in [1.82, 2.24) is 5.16 Å². The fraction of sp³-hybridized carbons (Fsp3) is 0.133. The Bertz CT molecular complexity index is 851. The molecule has 0 aliphatic heterocycles. The molecule has 2 rings (SSSR count). The number of aromatic nitrogens is 1. The number of nitrogens with one attached hydrogen (secondary N) is 1. The molecule has 0 aliphatic rings. The lowest BCUT2D eigenvalue weighted by Crippen LogP contribution is -2.19. The molecule has 0 saturated heterocycles. The fourth-order valence-corrected chi connectivity index (χ4v) is 1.86. The number of halogens is 4. The maximum Gasteiger partial charge on any atom is 0.343 e. The SMILES string of the molecule is CCOC(=O)C(=CNc1nocc1Cl)C(=O)c1cc(F)c(F)cc1F. The van der Waals surface area contributed by atoms with Gasteiger partial charge in [-0.2, -0.15) is 0 Å². The lowest BCUT2D eigenvalue weighted by molar-refractivity contribution is -0.138. The smallest absolute Gasteiger partial charge is 0.343 e. The molecule has 0 saturated carbocycles. The molecular formula is C15H10ClF3N2O4. The number of carbonyl (C=O) groups excluding carboxylic acids is 2. The topological polar surface area (TPSA) is 81.4 Å². The number of hydrogen-bond acceptors (Lipinski definition) is 6. The normalized spacial score (nSPS) is 11.3. The van der Waals surface area contributed by atoms with Gasteiger partial charge in [-0.15, -0.1) is 0 Å². The molecule has 10 heteroatoms. The summed E-state index contributed by atoms with van der Waals surface area (Å²) in [6.07, 6.45) is 1.93. The first kappa shape index (κ1) is 18.5. The van der Waals surface area contributed by atoms with Gasteiger partial charge in [0.2, 0.25) is 5.78 Å². The monoisotopic (exact) mass is 374 g/mol. The van der Waals surface area contributed by atoms with Crippen molar-refractivity contribution in [2.75, 3.05) is 11.9 Å². The third-order valence-corrected chi connectivity index (χ3v) is 3.14. The quantitative estimate of drug-likeness (QED) is 0.208. The van der Waals surface area contributed by atoms with Gasteiger partial charge in [0.05, 0.1) is 12.2 Å². The molecule has 0 unspecified atom stereocenters. The highest BCUT2D eigenvalue weighted by molar-refractivity contribution is 6.32. The van der Waals surface area contributed by atoms with Crippen molar-refractivity contribution < 1.29 is 32.0 Å². The van der Waals surface area contributed by atoms with Gasteiger partial charge < -0.3 is 14.6 Å². The van der Waals surface area contributed by atoms with Gasteiger partial charge in [0.25, 0.3) is 0 Å². The summed E-state index contributed by atoms with van der Waals surface area (Å²) in [6.45, 7) is 1.41. The summed E-state index contributed by atoms with van der Waals surface area (Å²) in [5, 5.41) is 5.92. The molecule has 0 spiro atoms. The van der Waals surface area contributed by atoms with E-state index in [0.717, 1.165) is 12.5 Å². The van der Waals surface area contributed by atoms with Crippen LogP contribution in [0.3, 0.4) is 0 Å². The summed E-state index contributed by atoms with van der Waals surface area (Å²) in [6, 6.07) is 0.552. The van der Waals surface area contributed by atoms with Gasteiger partial charge in [-0.1, -0.05) is 16.8 Å². The van der Waals surface area contributed by atoms with E-state index in [9.17, 15) is 22.8 Å². The van der Waals surface area contributed by atoms with Crippen LogP contribution in [-0.4, -0.2) is 23.5 Å². The number of nitrogens with zero attached hydrogens (tertiary/aromatic N) is 1. The van der Waals surface area contributed by atoms with Gasteiger partial charge in [-0.25, -0.2) is 18.0 Å². The van der Waals surface area contributed by atoms with E-state index in [1.807, 2.05) is 0 Å². The zero-order valence-electron chi connectivity index (χ0n) is 12.6. The van der Waals surface area contributed by atoms with Crippen LogP contribution in [0, 0.1) is 17.5 Å². The van der Waals surface area contributed by atoms with Crippen LogP contribution in [0.25, 0.3) is 0 Å². The van der Waals surface area contributed by atoms with Crippen LogP contribution >= 0.6 is 11.6 Å². The summed E-state index contributed by atoms with van der Waals surface area (Å²) in [7, 11) is 0. The third-order valence-electron chi connectivity index (χ3n) is 2.87. The number of ether oxygens (including phenoxy) is 1. The zero-order chi connectivity index (χ0) is 18.6. The van der Waals surface area contributed by atoms with E-state index in [0.29, 0.717) is 6.07 Å². The van der Waals surface area contributed by atoms with Crippen molar-refractivity contribution >= 4 is 29.2 Å². The van der Waals surface area contributed by atoms with E-state index in [4.69, 9.17) is 16.3 Å². The van der Waals surface area contributed by atoms with Crippen molar-refractivity contribution in [3.8, 4) is 0 Å². The molecule has 2 aromatic rings. The lowest BCUT2D eigenvalue weighted by Gasteiger charge is -2.08. The summed E-state index contributed by atoms with van der Waals surface area (Å²) >= 11 is 5.72. The summed E-state index contributed by atoms with van der Waals surface area (Å²) in [5.41, 5.74) is -1.52. The second-order valence-corrected chi connectivity index (χ2v) is 4.92. The van der Waals surface area contributed by atoms with E-state index in [1.54, 1.807) is 0 Å². The molecule has 0 atom stereocenters. The van der Waals surface area contributed by atoms with E-state index in [-0.39, 0.29) is 23.5 Å². The molecule has 1 aromatic carbocycles. The van der Waals surface area contributed by atoms with Crippen molar-refractivity contribution in [3.63, 3.8) is 0 Å².